The summed E-state index contributed by atoms with van der Waals surface area (Å²) in [6.07, 6.45) is 1.84. The molecule has 0 unspecified atom stereocenters. The molecule has 0 aliphatic carbocycles. The van der Waals surface area contributed by atoms with Crippen molar-refractivity contribution in [1.29, 1.82) is 0 Å². The van der Waals surface area contributed by atoms with Gasteiger partial charge in [0.25, 0.3) is 11.8 Å². The summed E-state index contributed by atoms with van der Waals surface area (Å²) in [6.45, 7) is 3.84. The Kier molecular flexibility index (Phi) is 4.30. The molecule has 0 radical (unpaired) electrons. The first-order valence-corrected chi connectivity index (χ1v) is 9.26. The number of carbonyl (C=O) groups excluding carboxylic acids is 2. The highest BCUT2D eigenvalue weighted by Crippen LogP contribution is 2.44. The Balaban J connectivity index is 1.76. The maximum Gasteiger partial charge on any atom is 0.260 e. The minimum Gasteiger partial charge on any atom is -0.482 e. The fraction of sp³-hybridized carbons (Fsp3) is 0.217. The average Bonchev–Trinajstić information content (AvgIpc) is 3.15. The molecule has 1 N–H and O–H groups in total. The molecule has 2 aromatic rings. The Morgan fingerprint density at radius 2 is 1.79 bits per heavy atom. The lowest BCUT2D eigenvalue weighted by Crippen LogP contribution is -2.22. The van der Waals surface area contributed by atoms with Gasteiger partial charge in [0.05, 0.1) is 11.3 Å². The van der Waals surface area contributed by atoms with Crippen LogP contribution < -0.4 is 5.32 Å². The predicted molar refractivity (Wildman–Crippen MR) is 110 cm³/mol. The molecule has 0 bridgehead atoms. The number of carbonyl (C=O) groups is 2. The molecule has 29 heavy (non-hydrogen) atoms. The van der Waals surface area contributed by atoms with Gasteiger partial charge in [-0.15, -0.1) is 0 Å². The van der Waals surface area contributed by atoms with E-state index in [0.29, 0.717) is 28.1 Å². The summed E-state index contributed by atoms with van der Waals surface area (Å²) in [5, 5.41) is 2.69. The highest BCUT2D eigenvalue weighted by atomic mass is 19.1. The van der Waals surface area contributed by atoms with Gasteiger partial charge < -0.3 is 15.0 Å². The fourth-order valence-corrected chi connectivity index (χ4v) is 3.66. The normalized spacial score (nSPS) is 19.3. The number of hydrogen-bond donors (Lipinski definition) is 1. The molecule has 2 aliphatic rings. The van der Waals surface area contributed by atoms with E-state index in [1.807, 2.05) is 32.1 Å². The van der Waals surface area contributed by atoms with Crippen LogP contribution in [0.1, 0.15) is 35.3 Å². The maximum atomic E-state index is 13.5. The van der Waals surface area contributed by atoms with E-state index in [4.69, 9.17) is 4.74 Å². The number of nitrogens with zero attached hydrogens (tertiary/aromatic N) is 1. The third-order valence-electron chi connectivity index (χ3n) is 5.11. The lowest BCUT2D eigenvalue weighted by molar-refractivity contribution is -0.111. The molecular weight excluding hydrogens is 371 g/mol. The number of halogens is 1. The molecule has 2 amide bonds. The monoisotopic (exact) mass is 392 g/mol. The number of benzene rings is 2. The van der Waals surface area contributed by atoms with Gasteiger partial charge in [0, 0.05) is 30.8 Å². The summed E-state index contributed by atoms with van der Waals surface area (Å²) in [5.74, 6) is -0.351. The van der Waals surface area contributed by atoms with E-state index in [-0.39, 0.29) is 11.8 Å². The van der Waals surface area contributed by atoms with Crippen molar-refractivity contribution in [1.82, 2.24) is 4.90 Å². The van der Waals surface area contributed by atoms with Crippen molar-refractivity contribution in [2.24, 2.45) is 0 Å². The van der Waals surface area contributed by atoms with Crippen LogP contribution in [0.2, 0.25) is 0 Å². The molecule has 0 saturated carbocycles. The van der Waals surface area contributed by atoms with E-state index in [0.717, 1.165) is 11.1 Å². The first-order chi connectivity index (χ1) is 13.7. The van der Waals surface area contributed by atoms with Crippen molar-refractivity contribution in [3.63, 3.8) is 0 Å². The minimum absolute atomic E-state index is 0.0678. The number of nitrogens with one attached hydrogen (secondary N) is 1. The number of fused-ring (bicyclic) bond motifs is 1. The Bertz CT molecular complexity index is 1100. The van der Waals surface area contributed by atoms with Gasteiger partial charge in [-0.2, -0.15) is 0 Å². The van der Waals surface area contributed by atoms with Crippen LogP contribution in [-0.4, -0.2) is 36.4 Å². The summed E-state index contributed by atoms with van der Waals surface area (Å²) in [7, 11) is 3.42. The van der Waals surface area contributed by atoms with E-state index in [1.54, 1.807) is 32.3 Å². The Labute approximate surface area is 168 Å². The number of anilines is 1. The van der Waals surface area contributed by atoms with Gasteiger partial charge in [-0.25, -0.2) is 4.39 Å². The SMILES string of the molecule is CN(C)C(=O)c1ccc(C2=CC(=C3C(=O)Nc4cc(F)ccc43)OC2(C)C)cc1. The quantitative estimate of drug-likeness (QED) is 0.784. The van der Waals surface area contributed by atoms with E-state index >= 15 is 0 Å². The van der Waals surface area contributed by atoms with Crippen LogP contribution in [0.4, 0.5) is 10.1 Å². The van der Waals surface area contributed by atoms with E-state index in [9.17, 15) is 14.0 Å². The van der Waals surface area contributed by atoms with Crippen molar-refractivity contribution < 1.29 is 18.7 Å². The van der Waals surface area contributed by atoms with Crippen LogP contribution in [0.5, 0.6) is 0 Å². The lowest BCUT2D eigenvalue weighted by Gasteiger charge is -2.23. The van der Waals surface area contributed by atoms with Gasteiger partial charge in [-0.05, 0) is 55.8 Å². The number of ether oxygens (including phenoxy) is 1. The summed E-state index contributed by atoms with van der Waals surface area (Å²) in [4.78, 5) is 26.2. The van der Waals surface area contributed by atoms with Gasteiger partial charge in [-0.3, -0.25) is 9.59 Å². The molecule has 4 rings (SSSR count). The van der Waals surface area contributed by atoms with Crippen LogP contribution >= 0.6 is 0 Å². The molecular formula is C23H21FN2O3. The van der Waals surface area contributed by atoms with Crippen molar-refractivity contribution in [3.05, 3.63) is 76.8 Å². The number of amides is 2. The van der Waals surface area contributed by atoms with Gasteiger partial charge in [0.15, 0.2) is 0 Å². The molecule has 0 atom stereocenters. The van der Waals surface area contributed by atoms with Crippen LogP contribution in [0, 0.1) is 5.82 Å². The van der Waals surface area contributed by atoms with Gasteiger partial charge in [-0.1, -0.05) is 12.1 Å². The van der Waals surface area contributed by atoms with E-state index in [1.165, 1.54) is 17.0 Å². The second-order valence-corrected chi connectivity index (χ2v) is 7.83. The first kappa shape index (κ1) is 18.9. The summed E-state index contributed by atoms with van der Waals surface area (Å²) < 4.78 is 19.6. The zero-order chi connectivity index (χ0) is 20.9. The largest absolute Gasteiger partial charge is 0.482 e. The molecule has 5 nitrogen and oxygen atoms in total. The zero-order valence-corrected chi connectivity index (χ0v) is 16.7. The van der Waals surface area contributed by atoms with Crippen LogP contribution in [0.3, 0.4) is 0 Å². The molecule has 2 aromatic carbocycles. The van der Waals surface area contributed by atoms with E-state index in [2.05, 4.69) is 5.32 Å². The van der Waals surface area contributed by atoms with Crippen molar-refractivity contribution in [2.45, 2.75) is 19.4 Å². The third-order valence-corrected chi connectivity index (χ3v) is 5.11. The lowest BCUT2D eigenvalue weighted by atomic mass is 9.91. The molecule has 148 valence electrons. The number of allylic oxidation sites excluding steroid dienone is 1. The van der Waals surface area contributed by atoms with Crippen molar-refractivity contribution in [3.8, 4) is 0 Å². The summed E-state index contributed by atoms with van der Waals surface area (Å²) in [5.41, 5.74) is 3.17. The first-order valence-electron chi connectivity index (χ1n) is 9.26. The standard InChI is InChI=1S/C23H21FN2O3/c1-23(2)17(13-5-7-14(8-6-13)22(28)26(3)4)12-19(29-23)20-16-10-9-15(24)11-18(16)25-21(20)27/h5-12H,1-4H3,(H,25,27). The highest BCUT2D eigenvalue weighted by molar-refractivity contribution is 6.32. The van der Waals surface area contributed by atoms with E-state index < -0.39 is 11.4 Å². The van der Waals surface area contributed by atoms with Gasteiger partial charge >= 0.3 is 0 Å². The molecule has 0 fully saturated rings. The van der Waals surface area contributed by atoms with Crippen LogP contribution in [-0.2, 0) is 9.53 Å². The summed E-state index contributed by atoms with van der Waals surface area (Å²) in [6, 6.07) is 11.5. The minimum atomic E-state index is -0.668. The van der Waals surface area contributed by atoms with Crippen molar-refractivity contribution >= 4 is 28.6 Å². The summed E-state index contributed by atoms with van der Waals surface area (Å²) >= 11 is 0. The topological polar surface area (TPSA) is 58.6 Å². The maximum absolute atomic E-state index is 13.5. The Morgan fingerprint density at radius 1 is 1.10 bits per heavy atom. The second-order valence-electron chi connectivity index (χ2n) is 7.83. The molecule has 0 saturated heterocycles. The third kappa shape index (κ3) is 3.20. The molecule has 2 aliphatic heterocycles. The Morgan fingerprint density at radius 3 is 2.45 bits per heavy atom. The highest BCUT2D eigenvalue weighted by Gasteiger charge is 2.38. The van der Waals surface area contributed by atoms with Gasteiger partial charge in [0.2, 0.25) is 0 Å². The average molecular weight is 392 g/mol. The zero-order valence-electron chi connectivity index (χ0n) is 16.7. The Hall–Kier alpha value is -3.41. The second kappa shape index (κ2) is 6.58. The van der Waals surface area contributed by atoms with Crippen LogP contribution in [0.15, 0.2) is 54.3 Å². The predicted octanol–water partition coefficient (Wildman–Crippen LogP) is 4.08. The number of hydrogen-bond acceptors (Lipinski definition) is 3. The van der Waals surface area contributed by atoms with Gasteiger partial charge in [0.1, 0.15) is 17.2 Å². The van der Waals surface area contributed by atoms with Crippen LogP contribution in [0.25, 0.3) is 11.1 Å². The fourth-order valence-electron chi connectivity index (χ4n) is 3.66. The van der Waals surface area contributed by atoms with Crippen molar-refractivity contribution in [2.75, 3.05) is 19.4 Å². The molecule has 0 spiro atoms. The molecule has 0 aromatic heterocycles. The molecule has 6 heteroatoms. The number of rotatable bonds is 2. The molecule has 2 heterocycles. The smallest absolute Gasteiger partial charge is 0.260 e.